The van der Waals surface area contributed by atoms with Gasteiger partial charge < -0.3 is 10.6 Å². The highest BCUT2D eigenvalue weighted by Gasteiger charge is 2.25. The SMILES string of the molecule is CCCCc1nnc(NC(=O)[C@H]2CCN[C@@H](C)C2)s1.Cl. The Hall–Kier alpha value is -0.720. The van der Waals surface area contributed by atoms with E-state index in [1.54, 1.807) is 0 Å². The van der Waals surface area contributed by atoms with E-state index in [9.17, 15) is 4.79 Å². The van der Waals surface area contributed by atoms with Crippen LogP contribution in [0, 0.1) is 5.92 Å². The van der Waals surface area contributed by atoms with Gasteiger partial charge in [-0.2, -0.15) is 0 Å². The zero-order valence-corrected chi connectivity index (χ0v) is 13.6. The third-order valence-corrected chi connectivity index (χ3v) is 4.33. The van der Waals surface area contributed by atoms with Gasteiger partial charge in [-0.15, -0.1) is 22.6 Å². The van der Waals surface area contributed by atoms with Gasteiger partial charge in [-0.1, -0.05) is 24.7 Å². The van der Waals surface area contributed by atoms with Crippen LogP contribution in [-0.2, 0) is 11.2 Å². The molecule has 0 radical (unpaired) electrons. The standard InChI is InChI=1S/C13H22N4OS.ClH/c1-3-4-5-11-16-17-13(19-11)15-12(18)10-6-7-14-9(2)8-10;/h9-10,14H,3-8H2,1-2H3,(H,15,17,18);1H/t9-,10-;/m0./s1. The van der Waals surface area contributed by atoms with Crippen LogP contribution in [0.15, 0.2) is 0 Å². The number of halogens is 1. The molecule has 2 rings (SSSR count). The van der Waals surface area contributed by atoms with Crippen molar-refractivity contribution in [1.29, 1.82) is 0 Å². The van der Waals surface area contributed by atoms with Gasteiger partial charge in [-0.05, 0) is 32.7 Å². The smallest absolute Gasteiger partial charge is 0.229 e. The lowest BCUT2D eigenvalue weighted by Crippen LogP contribution is -2.40. The topological polar surface area (TPSA) is 66.9 Å². The maximum absolute atomic E-state index is 12.1. The van der Waals surface area contributed by atoms with Gasteiger partial charge >= 0.3 is 0 Å². The Bertz CT molecular complexity index is 426. The fraction of sp³-hybridized carbons (Fsp3) is 0.769. The Balaban J connectivity index is 0.00000200. The van der Waals surface area contributed by atoms with E-state index in [1.165, 1.54) is 11.3 Å². The van der Waals surface area contributed by atoms with Crippen molar-refractivity contribution in [3.05, 3.63) is 5.01 Å². The second-order valence-electron chi connectivity index (χ2n) is 5.17. The number of carbonyl (C=O) groups excluding carboxylic acids is 1. The maximum atomic E-state index is 12.1. The summed E-state index contributed by atoms with van der Waals surface area (Å²) in [5.41, 5.74) is 0. The zero-order valence-electron chi connectivity index (χ0n) is 12.0. The minimum absolute atomic E-state index is 0. The monoisotopic (exact) mass is 318 g/mol. The van der Waals surface area contributed by atoms with Crippen molar-refractivity contribution in [2.24, 2.45) is 5.92 Å². The number of aromatic nitrogens is 2. The summed E-state index contributed by atoms with van der Waals surface area (Å²) in [6, 6.07) is 0.416. The van der Waals surface area contributed by atoms with E-state index in [0.717, 1.165) is 43.7 Å². The third-order valence-electron chi connectivity index (χ3n) is 3.44. The molecule has 1 aromatic heterocycles. The molecular weight excluding hydrogens is 296 g/mol. The number of rotatable bonds is 5. The van der Waals surface area contributed by atoms with Crippen LogP contribution >= 0.6 is 23.7 Å². The normalized spacial score (nSPS) is 22.1. The van der Waals surface area contributed by atoms with Crippen molar-refractivity contribution in [1.82, 2.24) is 15.5 Å². The van der Waals surface area contributed by atoms with Gasteiger partial charge in [-0.3, -0.25) is 4.79 Å². The number of hydrogen-bond donors (Lipinski definition) is 2. The molecule has 1 fully saturated rings. The molecule has 5 nitrogen and oxygen atoms in total. The Kier molecular flexibility index (Phi) is 7.40. The van der Waals surface area contributed by atoms with Crippen molar-refractivity contribution < 1.29 is 4.79 Å². The van der Waals surface area contributed by atoms with Crippen LogP contribution in [0.2, 0.25) is 0 Å². The van der Waals surface area contributed by atoms with Gasteiger partial charge in [-0.25, -0.2) is 0 Å². The molecule has 1 aliphatic heterocycles. The molecule has 0 saturated carbocycles. The van der Waals surface area contributed by atoms with Crippen LogP contribution in [0.4, 0.5) is 5.13 Å². The molecule has 1 aliphatic rings. The molecule has 7 heteroatoms. The van der Waals surface area contributed by atoms with E-state index in [0.29, 0.717) is 11.2 Å². The van der Waals surface area contributed by atoms with E-state index < -0.39 is 0 Å². The van der Waals surface area contributed by atoms with Crippen molar-refractivity contribution >= 4 is 34.8 Å². The predicted molar refractivity (Wildman–Crippen MR) is 84.6 cm³/mol. The number of piperidine rings is 1. The minimum atomic E-state index is 0. The second-order valence-corrected chi connectivity index (χ2v) is 6.23. The Labute approximate surface area is 130 Å². The van der Waals surface area contributed by atoms with Gasteiger partial charge in [0.05, 0.1) is 0 Å². The quantitative estimate of drug-likeness (QED) is 0.876. The van der Waals surface area contributed by atoms with Crippen molar-refractivity contribution in [3.8, 4) is 0 Å². The largest absolute Gasteiger partial charge is 0.314 e. The molecule has 20 heavy (non-hydrogen) atoms. The van der Waals surface area contributed by atoms with E-state index in [1.807, 2.05) is 0 Å². The fourth-order valence-corrected chi connectivity index (χ4v) is 3.10. The fourth-order valence-electron chi connectivity index (χ4n) is 2.31. The molecular formula is C13H23ClN4OS. The predicted octanol–water partition coefficient (Wildman–Crippen LogP) is 2.63. The third kappa shape index (κ3) is 5.00. The van der Waals surface area contributed by atoms with Crippen molar-refractivity contribution in [3.63, 3.8) is 0 Å². The number of hydrogen-bond acceptors (Lipinski definition) is 5. The molecule has 0 aliphatic carbocycles. The lowest BCUT2D eigenvalue weighted by atomic mass is 9.93. The molecule has 2 atom stereocenters. The second kappa shape index (κ2) is 8.54. The van der Waals surface area contributed by atoms with Gasteiger partial charge in [0.15, 0.2) is 0 Å². The summed E-state index contributed by atoms with van der Waals surface area (Å²) in [4.78, 5) is 12.1. The van der Waals surface area contributed by atoms with Crippen LogP contribution in [-0.4, -0.2) is 28.7 Å². The van der Waals surface area contributed by atoms with Gasteiger partial charge in [0.2, 0.25) is 11.0 Å². The van der Waals surface area contributed by atoms with Crippen LogP contribution in [0.3, 0.4) is 0 Å². The van der Waals surface area contributed by atoms with Gasteiger partial charge in [0.1, 0.15) is 5.01 Å². The number of nitrogens with zero attached hydrogens (tertiary/aromatic N) is 2. The molecule has 1 aromatic rings. The number of unbranched alkanes of at least 4 members (excludes halogenated alkanes) is 1. The Morgan fingerprint density at radius 3 is 3.00 bits per heavy atom. The van der Waals surface area contributed by atoms with Gasteiger partial charge in [0, 0.05) is 18.4 Å². The first-order valence-electron chi connectivity index (χ1n) is 7.05. The highest BCUT2D eigenvalue weighted by Crippen LogP contribution is 2.21. The Morgan fingerprint density at radius 2 is 2.30 bits per heavy atom. The maximum Gasteiger partial charge on any atom is 0.229 e. The van der Waals surface area contributed by atoms with Crippen molar-refractivity contribution in [2.45, 2.75) is 52.0 Å². The molecule has 0 aromatic carbocycles. The van der Waals surface area contributed by atoms with Crippen LogP contribution in [0.1, 0.15) is 44.5 Å². The number of amides is 1. The molecule has 0 spiro atoms. The average Bonchev–Trinajstić information content (AvgIpc) is 2.84. The van der Waals surface area contributed by atoms with Crippen LogP contribution in [0.5, 0.6) is 0 Å². The summed E-state index contributed by atoms with van der Waals surface area (Å²) in [6.07, 6.45) is 5.02. The molecule has 2 heterocycles. The van der Waals surface area contributed by atoms with E-state index >= 15 is 0 Å². The highest BCUT2D eigenvalue weighted by molar-refractivity contribution is 7.15. The molecule has 1 saturated heterocycles. The summed E-state index contributed by atoms with van der Waals surface area (Å²) in [5.74, 6) is 0.186. The summed E-state index contributed by atoms with van der Waals surface area (Å²) >= 11 is 1.50. The van der Waals surface area contributed by atoms with E-state index in [2.05, 4.69) is 34.7 Å². The van der Waals surface area contributed by atoms with Crippen molar-refractivity contribution in [2.75, 3.05) is 11.9 Å². The number of aryl methyl sites for hydroxylation is 1. The average molecular weight is 319 g/mol. The molecule has 2 N–H and O–H groups in total. The minimum Gasteiger partial charge on any atom is -0.314 e. The summed E-state index contributed by atoms with van der Waals surface area (Å²) in [5, 5.41) is 16.1. The molecule has 114 valence electrons. The van der Waals surface area contributed by atoms with Crippen LogP contribution < -0.4 is 10.6 Å². The number of nitrogens with one attached hydrogen (secondary N) is 2. The number of anilines is 1. The Morgan fingerprint density at radius 1 is 1.50 bits per heavy atom. The van der Waals surface area contributed by atoms with E-state index in [-0.39, 0.29) is 24.2 Å². The summed E-state index contributed by atoms with van der Waals surface area (Å²) in [7, 11) is 0. The first kappa shape index (κ1) is 17.3. The van der Waals surface area contributed by atoms with E-state index in [4.69, 9.17) is 0 Å². The zero-order chi connectivity index (χ0) is 13.7. The summed E-state index contributed by atoms with van der Waals surface area (Å²) in [6.45, 7) is 5.19. The number of carbonyl (C=O) groups is 1. The highest BCUT2D eigenvalue weighted by atomic mass is 35.5. The molecule has 1 amide bonds. The molecule has 0 unspecified atom stereocenters. The molecule has 0 bridgehead atoms. The lowest BCUT2D eigenvalue weighted by Gasteiger charge is -2.26. The first-order valence-corrected chi connectivity index (χ1v) is 7.87. The van der Waals surface area contributed by atoms with Crippen LogP contribution in [0.25, 0.3) is 0 Å². The lowest BCUT2D eigenvalue weighted by molar-refractivity contribution is -0.120. The first-order chi connectivity index (χ1) is 9.19. The van der Waals surface area contributed by atoms with Gasteiger partial charge in [0.25, 0.3) is 0 Å². The summed E-state index contributed by atoms with van der Waals surface area (Å²) < 4.78 is 0.